The minimum atomic E-state index is -0.581. The fraction of sp³-hybridized carbons (Fsp3) is 0.167. The van der Waals surface area contributed by atoms with Crippen molar-refractivity contribution < 1.29 is 9.59 Å². The molecule has 1 heterocycles. The zero-order chi connectivity index (χ0) is 12.6. The Morgan fingerprint density at radius 3 is 2.76 bits per heavy atom. The van der Waals surface area contributed by atoms with E-state index in [1.54, 1.807) is 18.2 Å². The SMILES string of the molecule is C=C(CN)CN1C(=O)C(=O)c2cccc(Cl)c21. The van der Waals surface area contributed by atoms with E-state index in [1.165, 1.54) is 4.90 Å². The third-order valence-corrected chi connectivity index (χ3v) is 2.92. The molecular weight excluding hydrogens is 240 g/mol. The second-order valence-corrected chi connectivity index (χ2v) is 4.22. The Labute approximate surface area is 104 Å². The molecule has 5 heteroatoms. The summed E-state index contributed by atoms with van der Waals surface area (Å²) in [4.78, 5) is 24.8. The lowest BCUT2D eigenvalue weighted by atomic mass is 10.1. The van der Waals surface area contributed by atoms with E-state index in [-0.39, 0.29) is 13.1 Å². The Balaban J connectivity index is 2.47. The first-order valence-electron chi connectivity index (χ1n) is 5.07. The predicted molar refractivity (Wildman–Crippen MR) is 66.3 cm³/mol. The van der Waals surface area contributed by atoms with E-state index < -0.39 is 11.7 Å². The second kappa shape index (κ2) is 4.31. The van der Waals surface area contributed by atoms with Crippen molar-refractivity contribution in [3.63, 3.8) is 0 Å². The molecule has 2 rings (SSSR count). The van der Waals surface area contributed by atoms with Gasteiger partial charge in [-0.15, -0.1) is 0 Å². The molecule has 0 atom stereocenters. The Kier molecular flexibility index (Phi) is 3.00. The van der Waals surface area contributed by atoms with Gasteiger partial charge in [-0.3, -0.25) is 14.5 Å². The molecule has 0 aliphatic carbocycles. The van der Waals surface area contributed by atoms with Gasteiger partial charge in [-0.1, -0.05) is 24.2 Å². The number of carbonyl (C=O) groups excluding carboxylic acids is 2. The number of hydrogen-bond donors (Lipinski definition) is 1. The molecule has 1 aliphatic rings. The molecule has 1 amide bonds. The van der Waals surface area contributed by atoms with Crippen molar-refractivity contribution in [2.75, 3.05) is 18.0 Å². The number of hydrogen-bond acceptors (Lipinski definition) is 3. The molecule has 0 saturated heterocycles. The number of Topliss-reactive ketones (excluding diaryl/α,β-unsaturated/α-hetero) is 1. The van der Waals surface area contributed by atoms with E-state index in [1.807, 2.05) is 0 Å². The molecule has 2 N–H and O–H groups in total. The first kappa shape index (κ1) is 11.8. The minimum absolute atomic E-state index is 0.220. The summed E-state index contributed by atoms with van der Waals surface area (Å²) in [5.74, 6) is -1.12. The summed E-state index contributed by atoms with van der Waals surface area (Å²) in [6.07, 6.45) is 0. The maximum absolute atomic E-state index is 11.8. The quantitative estimate of drug-likeness (QED) is 0.651. The van der Waals surface area contributed by atoms with Gasteiger partial charge >= 0.3 is 0 Å². The van der Waals surface area contributed by atoms with Gasteiger partial charge in [-0.05, 0) is 17.7 Å². The van der Waals surface area contributed by atoms with Crippen molar-refractivity contribution >= 4 is 29.0 Å². The van der Waals surface area contributed by atoms with E-state index in [9.17, 15) is 9.59 Å². The average Bonchev–Trinajstić information content (AvgIpc) is 2.56. The van der Waals surface area contributed by atoms with Crippen LogP contribution < -0.4 is 10.6 Å². The lowest BCUT2D eigenvalue weighted by Gasteiger charge is -2.18. The van der Waals surface area contributed by atoms with Crippen LogP contribution >= 0.6 is 11.6 Å². The first-order chi connectivity index (χ1) is 8.06. The molecule has 0 radical (unpaired) electrons. The van der Waals surface area contributed by atoms with Crippen LogP contribution in [0.5, 0.6) is 0 Å². The Morgan fingerprint density at radius 2 is 2.12 bits per heavy atom. The number of rotatable bonds is 3. The molecule has 0 bridgehead atoms. The van der Waals surface area contributed by atoms with Crippen LogP contribution in [0, 0.1) is 0 Å². The minimum Gasteiger partial charge on any atom is -0.327 e. The van der Waals surface area contributed by atoms with Gasteiger partial charge in [0, 0.05) is 13.1 Å². The number of carbonyl (C=O) groups is 2. The first-order valence-corrected chi connectivity index (χ1v) is 5.45. The Hall–Kier alpha value is -1.65. The zero-order valence-corrected chi connectivity index (χ0v) is 9.83. The molecule has 1 aromatic rings. The van der Waals surface area contributed by atoms with Crippen molar-refractivity contribution in [2.24, 2.45) is 5.73 Å². The number of nitrogens with two attached hydrogens (primary N) is 1. The number of benzene rings is 1. The second-order valence-electron chi connectivity index (χ2n) is 3.81. The summed E-state index contributed by atoms with van der Waals surface area (Å²) in [7, 11) is 0. The monoisotopic (exact) mass is 250 g/mol. The fourth-order valence-corrected chi connectivity index (χ4v) is 2.03. The van der Waals surface area contributed by atoms with E-state index in [0.717, 1.165) is 0 Å². The highest BCUT2D eigenvalue weighted by Crippen LogP contribution is 2.35. The lowest BCUT2D eigenvalue weighted by molar-refractivity contribution is -0.114. The van der Waals surface area contributed by atoms with Crippen LogP contribution in [-0.4, -0.2) is 24.8 Å². The fourth-order valence-electron chi connectivity index (χ4n) is 1.75. The maximum atomic E-state index is 11.8. The lowest BCUT2D eigenvalue weighted by Crippen LogP contribution is -2.32. The number of para-hydroxylation sites is 1. The highest BCUT2D eigenvalue weighted by atomic mass is 35.5. The van der Waals surface area contributed by atoms with Crippen LogP contribution in [0.1, 0.15) is 10.4 Å². The molecule has 4 nitrogen and oxygen atoms in total. The number of ketones is 1. The van der Waals surface area contributed by atoms with Crippen LogP contribution in [-0.2, 0) is 4.79 Å². The van der Waals surface area contributed by atoms with Gasteiger partial charge in [0.05, 0.1) is 16.3 Å². The average molecular weight is 251 g/mol. The largest absolute Gasteiger partial charge is 0.327 e. The van der Waals surface area contributed by atoms with Crippen molar-refractivity contribution in [2.45, 2.75) is 0 Å². The van der Waals surface area contributed by atoms with E-state index in [0.29, 0.717) is 21.8 Å². The molecule has 17 heavy (non-hydrogen) atoms. The molecule has 1 aromatic carbocycles. The molecular formula is C12H11ClN2O2. The summed E-state index contributed by atoms with van der Waals surface area (Å²) >= 11 is 6.01. The van der Waals surface area contributed by atoms with Crippen LogP contribution in [0.25, 0.3) is 0 Å². The molecule has 0 unspecified atom stereocenters. The molecule has 88 valence electrons. The zero-order valence-electron chi connectivity index (χ0n) is 9.07. The van der Waals surface area contributed by atoms with Gasteiger partial charge < -0.3 is 5.73 Å². The number of nitrogens with zero attached hydrogens (tertiary/aromatic N) is 1. The summed E-state index contributed by atoms with van der Waals surface area (Å²) in [5, 5.41) is 0.381. The van der Waals surface area contributed by atoms with E-state index >= 15 is 0 Å². The van der Waals surface area contributed by atoms with Crippen LogP contribution in [0.2, 0.25) is 5.02 Å². The van der Waals surface area contributed by atoms with Crippen LogP contribution in [0.3, 0.4) is 0 Å². The normalized spacial score (nSPS) is 14.1. The van der Waals surface area contributed by atoms with Gasteiger partial charge in [0.25, 0.3) is 11.7 Å². The highest BCUT2D eigenvalue weighted by Gasteiger charge is 2.37. The van der Waals surface area contributed by atoms with Crippen LogP contribution in [0.15, 0.2) is 30.4 Å². The summed E-state index contributed by atoms with van der Waals surface area (Å²) in [6.45, 7) is 4.21. The standard InChI is InChI=1S/C12H11ClN2O2/c1-7(5-14)6-15-10-8(11(16)12(15)17)3-2-4-9(10)13/h2-4H,1,5-6,14H2. The van der Waals surface area contributed by atoms with Crippen molar-refractivity contribution in [1.29, 1.82) is 0 Å². The Morgan fingerprint density at radius 1 is 1.41 bits per heavy atom. The molecule has 0 aromatic heterocycles. The molecule has 1 aliphatic heterocycles. The topological polar surface area (TPSA) is 63.4 Å². The van der Waals surface area contributed by atoms with Gasteiger partial charge in [-0.2, -0.15) is 0 Å². The molecule has 0 spiro atoms. The van der Waals surface area contributed by atoms with Gasteiger partial charge in [-0.25, -0.2) is 0 Å². The van der Waals surface area contributed by atoms with Crippen molar-refractivity contribution in [1.82, 2.24) is 0 Å². The van der Waals surface area contributed by atoms with Gasteiger partial charge in [0.15, 0.2) is 0 Å². The highest BCUT2D eigenvalue weighted by molar-refractivity contribution is 6.54. The van der Waals surface area contributed by atoms with Crippen molar-refractivity contribution in [3.05, 3.63) is 40.9 Å². The summed E-state index contributed by atoms with van der Waals surface area (Å²) in [6, 6.07) is 4.88. The Bertz CT molecular complexity index is 525. The smallest absolute Gasteiger partial charge is 0.299 e. The van der Waals surface area contributed by atoms with Crippen molar-refractivity contribution in [3.8, 4) is 0 Å². The van der Waals surface area contributed by atoms with Crippen LogP contribution in [0.4, 0.5) is 5.69 Å². The number of anilines is 1. The van der Waals surface area contributed by atoms with Gasteiger partial charge in [0.1, 0.15) is 0 Å². The van der Waals surface area contributed by atoms with Gasteiger partial charge in [0.2, 0.25) is 0 Å². The molecule has 0 fully saturated rings. The van der Waals surface area contributed by atoms with E-state index in [2.05, 4.69) is 6.58 Å². The molecule has 0 saturated carbocycles. The third-order valence-electron chi connectivity index (χ3n) is 2.61. The van der Waals surface area contributed by atoms with E-state index in [4.69, 9.17) is 17.3 Å². The summed E-state index contributed by atoms with van der Waals surface area (Å²) in [5.41, 5.74) is 6.90. The maximum Gasteiger partial charge on any atom is 0.299 e. The number of halogens is 1. The number of fused-ring (bicyclic) bond motifs is 1. The predicted octanol–water partition coefficient (Wildman–Crippen LogP) is 1.38. The number of amides is 1. The third kappa shape index (κ3) is 1.85. The summed E-state index contributed by atoms with van der Waals surface area (Å²) < 4.78 is 0.